The molecule has 1 heterocycles. The first-order valence-corrected chi connectivity index (χ1v) is 9.51. The van der Waals surface area contributed by atoms with Crippen molar-refractivity contribution in [3.63, 3.8) is 0 Å². The van der Waals surface area contributed by atoms with Crippen LogP contribution in [0.4, 0.5) is 5.69 Å². The number of anilines is 1. The molecule has 0 radical (unpaired) electrons. The number of aryl methyl sites for hydroxylation is 1. The summed E-state index contributed by atoms with van der Waals surface area (Å²) in [5.41, 5.74) is 1.53. The maximum Gasteiger partial charge on any atom is 0.264 e. The lowest BCUT2D eigenvalue weighted by Gasteiger charge is -2.14. The van der Waals surface area contributed by atoms with Gasteiger partial charge in [-0.1, -0.05) is 23.7 Å². The molecule has 0 saturated carbocycles. The molecular weight excluding hydrogens is 376 g/mol. The van der Waals surface area contributed by atoms with Crippen molar-refractivity contribution in [2.45, 2.75) is 11.8 Å². The predicted molar refractivity (Wildman–Crippen MR) is 102 cm³/mol. The molecule has 26 heavy (non-hydrogen) atoms. The first kappa shape index (κ1) is 18.3. The molecule has 0 saturated heterocycles. The van der Waals surface area contributed by atoms with Crippen molar-refractivity contribution in [2.75, 3.05) is 18.9 Å². The van der Waals surface area contributed by atoms with Crippen molar-refractivity contribution in [2.24, 2.45) is 0 Å². The fourth-order valence-electron chi connectivity index (χ4n) is 2.59. The van der Waals surface area contributed by atoms with Gasteiger partial charge in [0.05, 0.1) is 30.4 Å². The molecule has 1 N–H and O–H groups in total. The van der Waals surface area contributed by atoms with E-state index in [1.54, 1.807) is 12.3 Å². The van der Waals surface area contributed by atoms with Crippen LogP contribution in [0.2, 0.25) is 5.02 Å². The molecule has 0 aliphatic rings. The van der Waals surface area contributed by atoms with E-state index in [1.165, 1.54) is 32.4 Å². The lowest BCUT2D eigenvalue weighted by Crippen LogP contribution is -2.14. The summed E-state index contributed by atoms with van der Waals surface area (Å²) < 4.78 is 38.7. The lowest BCUT2D eigenvalue weighted by molar-refractivity contribution is 0.355. The monoisotopic (exact) mass is 392 g/mol. The number of hydrogen-bond acceptors (Lipinski definition) is 5. The van der Waals surface area contributed by atoms with Gasteiger partial charge in [-0.3, -0.25) is 9.71 Å². The molecule has 0 aliphatic carbocycles. The van der Waals surface area contributed by atoms with Crippen molar-refractivity contribution in [3.8, 4) is 11.5 Å². The Kier molecular flexibility index (Phi) is 4.93. The molecule has 0 fully saturated rings. The SMILES string of the molecule is COc1cc(Cl)c(NS(=O)(=O)c2cccc3cc(C)cnc23)cc1OC. The summed E-state index contributed by atoms with van der Waals surface area (Å²) in [7, 11) is -0.980. The maximum atomic E-state index is 12.9. The minimum atomic E-state index is -3.91. The average Bonchev–Trinajstić information content (AvgIpc) is 2.62. The average molecular weight is 393 g/mol. The summed E-state index contributed by atoms with van der Waals surface area (Å²) in [6, 6.07) is 9.84. The number of aromatic nitrogens is 1. The third-order valence-electron chi connectivity index (χ3n) is 3.82. The Morgan fingerprint density at radius 1 is 1.08 bits per heavy atom. The molecule has 136 valence electrons. The number of nitrogens with zero attached hydrogens (tertiary/aromatic N) is 1. The van der Waals surface area contributed by atoms with Crippen LogP contribution < -0.4 is 14.2 Å². The van der Waals surface area contributed by atoms with Gasteiger partial charge >= 0.3 is 0 Å². The van der Waals surface area contributed by atoms with Crippen molar-refractivity contribution >= 4 is 38.2 Å². The summed E-state index contributed by atoms with van der Waals surface area (Å²) in [5.74, 6) is 0.768. The van der Waals surface area contributed by atoms with E-state index in [2.05, 4.69) is 9.71 Å². The van der Waals surface area contributed by atoms with E-state index in [0.717, 1.165) is 10.9 Å². The second kappa shape index (κ2) is 7.01. The van der Waals surface area contributed by atoms with E-state index in [9.17, 15) is 8.42 Å². The van der Waals surface area contributed by atoms with Crippen LogP contribution in [-0.4, -0.2) is 27.6 Å². The smallest absolute Gasteiger partial charge is 0.264 e. The molecule has 6 nitrogen and oxygen atoms in total. The fourth-order valence-corrected chi connectivity index (χ4v) is 4.10. The van der Waals surface area contributed by atoms with E-state index in [-0.39, 0.29) is 15.6 Å². The van der Waals surface area contributed by atoms with Crippen molar-refractivity contribution < 1.29 is 17.9 Å². The lowest BCUT2D eigenvalue weighted by atomic mass is 10.2. The third kappa shape index (κ3) is 3.40. The highest BCUT2D eigenvalue weighted by Crippen LogP contribution is 2.37. The van der Waals surface area contributed by atoms with Crippen LogP contribution >= 0.6 is 11.6 Å². The van der Waals surface area contributed by atoms with Gasteiger partial charge < -0.3 is 9.47 Å². The summed E-state index contributed by atoms with van der Waals surface area (Å²) >= 11 is 6.19. The normalized spacial score (nSPS) is 11.4. The van der Waals surface area contributed by atoms with Crippen LogP contribution in [0.1, 0.15) is 5.56 Å². The third-order valence-corrected chi connectivity index (χ3v) is 5.53. The van der Waals surface area contributed by atoms with Crippen LogP contribution in [0.5, 0.6) is 11.5 Å². The molecule has 8 heteroatoms. The van der Waals surface area contributed by atoms with Gasteiger partial charge in [-0.2, -0.15) is 0 Å². The van der Waals surface area contributed by atoms with Crippen molar-refractivity contribution in [3.05, 3.63) is 53.2 Å². The zero-order valence-corrected chi connectivity index (χ0v) is 16.0. The van der Waals surface area contributed by atoms with E-state index < -0.39 is 10.0 Å². The van der Waals surface area contributed by atoms with Crippen LogP contribution in [0, 0.1) is 6.92 Å². The predicted octanol–water partition coefficient (Wildman–Crippen LogP) is 4.01. The zero-order chi connectivity index (χ0) is 18.9. The fraction of sp³-hybridized carbons (Fsp3) is 0.167. The number of nitrogens with one attached hydrogen (secondary N) is 1. The minimum absolute atomic E-state index is 0.0702. The molecule has 2 aromatic carbocycles. The van der Waals surface area contributed by atoms with Crippen LogP contribution in [-0.2, 0) is 10.0 Å². The van der Waals surface area contributed by atoms with Gasteiger partial charge in [0, 0.05) is 23.7 Å². The summed E-state index contributed by atoms with van der Waals surface area (Å²) in [6.07, 6.45) is 1.63. The van der Waals surface area contributed by atoms with E-state index in [1.807, 2.05) is 19.1 Å². The highest BCUT2D eigenvalue weighted by Gasteiger charge is 2.21. The van der Waals surface area contributed by atoms with Crippen LogP contribution in [0.25, 0.3) is 10.9 Å². The quantitative estimate of drug-likeness (QED) is 0.709. The molecule has 0 atom stereocenters. The highest BCUT2D eigenvalue weighted by atomic mass is 35.5. The number of sulfonamides is 1. The Bertz CT molecular complexity index is 1080. The second-order valence-corrected chi connectivity index (χ2v) is 7.69. The summed E-state index contributed by atoms with van der Waals surface area (Å²) in [6.45, 7) is 1.90. The van der Waals surface area contributed by atoms with Gasteiger partial charge in [-0.25, -0.2) is 8.42 Å². The Hall–Kier alpha value is -2.51. The highest BCUT2D eigenvalue weighted by molar-refractivity contribution is 7.93. The first-order valence-electron chi connectivity index (χ1n) is 7.65. The molecule has 1 aromatic heterocycles. The van der Waals surface area contributed by atoms with Gasteiger partial charge in [0.1, 0.15) is 4.90 Å². The Morgan fingerprint density at radius 2 is 1.77 bits per heavy atom. The number of pyridine rings is 1. The number of methoxy groups -OCH3 is 2. The summed E-state index contributed by atoms with van der Waals surface area (Å²) in [5, 5.41) is 0.932. The molecule has 3 rings (SSSR count). The van der Waals surface area contributed by atoms with Gasteiger partial charge in [0.15, 0.2) is 11.5 Å². The van der Waals surface area contributed by atoms with E-state index >= 15 is 0 Å². The molecule has 0 unspecified atom stereocenters. The molecular formula is C18H17ClN2O4S. The van der Waals surface area contributed by atoms with E-state index in [0.29, 0.717) is 17.0 Å². The second-order valence-electron chi connectivity index (χ2n) is 5.63. The number of hydrogen-bond donors (Lipinski definition) is 1. The minimum Gasteiger partial charge on any atom is -0.493 e. The van der Waals surface area contributed by atoms with Crippen LogP contribution in [0.3, 0.4) is 0 Å². The van der Waals surface area contributed by atoms with Crippen molar-refractivity contribution in [1.29, 1.82) is 0 Å². The van der Waals surface area contributed by atoms with Gasteiger partial charge in [-0.15, -0.1) is 0 Å². The number of rotatable bonds is 5. The molecule has 0 amide bonds. The topological polar surface area (TPSA) is 77.5 Å². The number of para-hydroxylation sites is 1. The molecule has 0 aliphatic heterocycles. The number of fused-ring (bicyclic) bond motifs is 1. The van der Waals surface area contributed by atoms with Crippen LogP contribution in [0.15, 0.2) is 47.5 Å². The number of halogens is 1. The Labute approximate surface area is 156 Å². The van der Waals surface area contributed by atoms with Crippen molar-refractivity contribution in [1.82, 2.24) is 4.98 Å². The van der Waals surface area contributed by atoms with Gasteiger partial charge in [0.25, 0.3) is 10.0 Å². The first-order chi connectivity index (χ1) is 12.4. The Morgan fingerprint density at radius 3 is 2.46 bits per heavy atom. The summed E-state index contributed by atoms with van der Waals surface area (Å²) in [4.78, 5) is 4.35. The van der Waals surface area contributed by atoms with Gasteiger partial charge in [-0.05, 0) is 24.6 Å². The molecule has 0 spiro atoms. The zero-order valence-electron chi connectivity index (χ0n) is 14.4. The number of benzene rings is 2. The maximum absolute atomic E-state index is 12.9. The molecule has 0 bridgehead atoms. The Balaban J connectivity index is 2.08. The van der Waals surface area contributed by atoms with Gasteiger partial charge in [0.2, 0.25) is 0 Å². The molecule has 3 aromatic rings. The largest absolute Gasteiger partial charge is 0.493 e. The number of ether oxygens (including phenoxy) is 2. The van der Waals surface area contributed by atoms with E-state index in [4.69, 9.17) is 21.1 Å². The standard InChI is InChI=1S/C18H17ClN2O4S/c1-11-7-12-5-4-6-17(18(12)20-10-11)26(22,23)21-14-9-16(25-3)15(24-2)8-13(14)19/h4-10,21H,1-3H3.